The highest BCUT2D eigenvalue weighted by Crippen LogP contribution is 2.23. The molecule has 0 atom stereocenters. The number of rotatable bonds is 1. The maximum absolute atomic E-state index is 12.2. The normalized spacial score (nSPS) is 16.2. The number of H-pyrrole nitrogens is 1. The fourth-order valence-electron chi connectivity index (χ4n) is 2.57. The van der Waals surface area contributed by atoms with Crippen LogP contribution in [0.1, 0.15) is 5.56 Å². The first-order chi connectivity index (χ1) is 8.77. The Balaban J connectivity index is 2.19. The average Bonchev–Trinajstić information content (AvgIpc) is 2.40. The number of nitrogens with zero attached hydrogens (tertiary/aromatic N) is 1. The molecule has 1 aromatic heterocycles. The third-order valence-corrected chi connectivity index (χ3v) is 3.48. The lowest BCUT2D eigenvalue weighted by Gasteiger charge is -2.29. The topological polar surface area (TPSA) is 45.3 Å². The minimum atomic E-state index is -0.00639. The Morgan fingerprint density at radius 3 is 2.72 bits per heavy atom. The van der Waals surface area contributed by atoms with Gasteiger partial charge >= 0.3 is 0 Å². The number of ether oxygens (including phenoxy) is 1. The second-order valence-electron chi connectivity index (χ2n) is 4.57. The summed E-state index contributed by atoms with van der Waals surface area (Å²) in [4.78, 5) is 17.3. The summed E-state index contributed by atoms with van der Waals surface area (Å²) in [5.41, 5.74) is 2.73. The van der Waals surface area contributed by atoms with E-state index in [1.807, 2.05) is 31.2 Å². The first-order valence-electron chi connectivity index (χ1n) is 6.21. The molecule has 1 aliphatic heterocycles. The van der Waals surface area contributed by atoms with Crippen LogP contribution in [0.2, 0.25) is 0 Å². The summed E-state index contributed by atoms with van der Waals surface area (Å²) in [6.45, 7) is 4.95. The van der Waals surface area contributed by atoms with Crippen LogP contribution in [0.3, 0.4) is 0 Å². The van der Waals surface area contributed by atoms with Crippen LogP contribution in [-0.2, 0) is 4.74 Å². The van der Waals surface area contributed by atoms with Gasteiger partial charge in [0, 0.05) is 24.0 Å². The predicted molar refractivity (Wildman–Crippen MR) is 72.3 cm³/mol. The maximum atomic E-state index is 12.2. The number of nitrogens with one attached hydrogen (secondary N) is 1. The molecule has 2 aromatic rings. The molecule has 0 radical (unpaired) electrons. The lowest BCUT2D eigenvalue weighted by molar-refractivity contribution is 0.122. The van der Waals surface area contributed by atoms with Crippen LogP contribution in [-0.4, -0.2) is 31.3 Å². The second kappa shape index (κ2) is 4.46. The molecule has 1 saturated heterocycles. The average molecular weight is 244 g/mol. The molecule has 0 spiro atoms. The Labute approximate surface area is 105 Å². The largest absolute Gasteiger partial charge is 0.378 e. The van der Waals surface area contributed by atoms with Gasteiger partial charge in [-0.15, -0.1) is 0 Å². The van der Waals surface area contributed by atoms with Crippen molar-refractivity contribution in [3.8, 4) is 0 Å². The first kappa shape index (κ1) is 11.3. The van der Waals surface area contributed by atoms with Gasteiger partial charge in [0.1, 0.15) is 5.69 Å². The third-order valence-electron chi connectivity index (χ3n) is 3.48. The zero-order valence-corrected chi connectivity index (χ0v) is 10.4. The highest BCUT2D eigenvalue weighted by atomic mass is 16.5. The number of benzene rings is 1. The van der Waals surface area contributed by atoms with Crippen LogP contribution < -0.4 is 10.5 Å². The van der Waals surface area contributed by atoms with Crippen LogP contribution in [0.4, 0.5) is 5.69 Å². The molecule has 0 bridgehead atoms. The van der Waals surface area contributed by atoms with Crippen molar-refractivity contribution in [1.82, 2.24) is 4.98 Å². The Hall–Kier alpha value is -1.81. The lowest BCUT2D eigenvalue weighted by Crippen LogP contribution is -2.39. The molecule has 2 heterocycles. The highest BCUT2D eigenvalue weighted by molar-refractivity contribution is 5.86. The van der Waals surface area contributed by atoms with E-state index >= 15 is 0 Å². The van der Waals surface area contributed by atoms with E-state index in [1.54, 1.807) is 0 Å². The van der Waals surface area contributed by atoms with Crippen LogP contribution in [0.25, 0.3) is 10.9 Å². The van der Waals surface area contributed by atoms with Gasteiger partial charge in [-0.1, -0.05) is 18.2 Å². The minimum Gasteiger partial charge on any atom is -0.378 e. The molecule has 18 heavy (non-hydrogen) atoms. The Morgan fingerprint density at radius 2 is 1.94 bits per heavy atom. The van der Waals surface area contributed by atoms with Gasteiger partial charge in [0.05, 0.1) is 13.2 Å². The molecule has 94 valence electrons. The van der Waals surface area contributed by atoms with E-state index in [0.29, 0.717) is 13.2 Å². The first-order valence-corrected chi connectivity index (χ1v) is 6.21. The van der Waals surface area contributed by atoms with Crippen LogP contribution in [0.5, 0.6) is 0 Å². The zero-order valence-electron chi connectivity index (χ0n) is 10.4. The molecule has 4 heteroatoms. The van der Waals surface area contributed by atoms with E-state index in [1.165, 1.54) is 0 Å². The summed E-state index contributed by atoms with van der Waals surface area (Å²) in [5.74, 6) is 0. The van der Waals surface area contributed by atoms with Gasteiger partial charge in [0.15, 0.2) is 0 Å². The molecule has 3 rings (SSSR count). The summed E-state index contributed by atoms with van der Waals surface area (Å²) in [5, 5.41) is 1.11. The number of hydrogen-bond acceptors (Lipinski definition) is 3. The van der Waals surface area contributed by atoms with Crippen LogP contribution in [0, 0.1) is 6.92 Å². The van der Waals surface area contributed by atoms with E-state index in [4.69, 9.17) is 4.74 Å². The van der Waals surface area contributed by atoms with Crippen molar-refractivity contribution in [1.29, 1.82) is 0 Å². The Bertz CT molecular complexity index is 627. The van der Waals surface area contributed by atoms with Crippen molar-refractivity contribution in [2.45, 2.75) is 6.92 Å². The van der Waals surface area contributed by atoms with Crippen LogP contribution in [0.15, 0.2) is 29.1 Å². The molecule has 1 aliphatic rings. The molecule has 0 aliphatic carbocycles. The van der Waals surface area contributed by atoms with Gasteiger partial charge in [0.2, 0.25) is 0 Å². The van der Waals surface area contributed by atoms with E-state index in [2.05, 4.69) is 9.88 Å². The number of morpholine rings is 1. The number of para-hydroxylation sites is 1. The van der Waals surface area contributed by atoms with Crippen LogP contribution >= 0.6 is 0 Å². The monoisotopic (exact) mass is 244 g/mol. The summed E-state index contributed by atoms with van der Waals surface area (Å²) in [6, 6.07) is 7.92. The lowest BCUT2D eigenvalue weighted by atomic mass is 10.1. The van der Waals surface area contributed by atoms with Crippen molar-refractivity contribution in [2.75, 3.05) is 31.2 Å². The predicted octanol–water partition coefficient (Wildman–Crippen LogP) is 1.67. The molecule has 1 fully saturated rings. The summed E-state index contributed by atoms with van der Waals surface area (Å²) in [6.07, 6.45) is 0. The molecule has 0 unspecified atom stereocenters. The molecule has 0 amide bonds. The SMILES string of the molecule is Cc1c(N2CCOCC2)c(=O)[nH]c2ccccc12. The molecule has 0 saturated carbocycles. The van der Waals surface area contributed by atoms with Crippen molar-refractivity contribution in [3.63, 3.8) is 0 Å². The van der Waals surface area contributed by atoms with Crippen molar-refractivity contribution < 1.29 is 4.74 Å². The van der Waals surface area contributed by atoms with Crippen molar-refractivity contribution in [2.24, 2.45) is 0 Å². The molecule has 1 N–H and O–H groups in total. The highest BCUT2D eigenvalue weighted by Gasteiger charge is 2.18. The quantitative estimate of drug-likeness (QED) is 0.830. The smallest absolute Gasteiger partial charge is 0.272 e. The van der Waals surface area contributed by atoms with Gasteiger partial charge in [-0.3, -0.25) is 4.79 Å². The number of anilines is 1. The molecule has 1 aromatic carbocycles. The number of pyridine rings is 1. The Morgan fingerprint density at radius 1 is 1.22 bits per heavy atom. The number of aromatic nitrogens is 1. The fourth-order valence-corrected chi connectivity index (χ4v) is 2.57. The molecular formula is C14H16N2O2. The van der Waals surface area contributed by atoms with Gasteiger partial charge < -0.3 is 14.6 Å². The van der Waals surface area contributed by atoms with Gasteiger partial charge in [0.25, 0.3) is 5.56 Å². The summed E-state index contributed by atoms with van der Waals surface area (Å²) in [7, 11) is 0. The van der Waals surface area contributed by atoms with E-state index in [-0.39, 0.29) is 5.56 Å². The Kier molecular flexibility index (Phi) is 2.80. The summed E-state index contributed by atoms with van der Waals surface area (Å²) < 4.78 is 5.33. The van der Waals surface area contributed by atoms with E-state index in [0.717, 1.165) is 35.2 Å². The number of aryl methyl sites for hydroxylation is 1. The fraction of sp³-hybridized carbons (Fsp3) is 0.357. The maximum Gasteiger partial charge on any atom is 0.272 e. The number of fused-ring (bicyclic) bond motifs is 1. The van der Waals surface area contributed by atoms with E-state index in [9.17, 15) is 4.79 Å². The standard InChI is InChI=1S/C14H16N2O2/c1-10-11-4-2-3-5-12(11)15-14(17)13(10)16-6-8-18-9-7-16/h2-5H,6-9H2,1H3,(H,15,17). The number of hydrogen-bond donors (Lipinski definition) is 1. The van der Waals surface area contributed by atoms with Gasteiger partial charge in [-0.2, -0.15) is 0 Å². The molecular weight excluding hydrogens is 228 g/mol. The van der Waals surface area contributed by atoms with Crippen molar-refractivity contribution >= 4 is 16.6 Å². The van der Waals surface area contributed by atoms with Gasteiger partial charge in [-0.25, -0.2) is 0 Å². The van der Waals surface area contributed by atoms with Gasteiger partial charge in [-0.05, 0) is 18.6 Å². The number of aromatic amines is 1. The molecule has 4 nitrogen and oxygen atoms in total. The third kappa shape index (κ3) is 1.78. The zero-order chi connectivity index (χ0) is 12.5. The second-order valence-corrected chi connectivity index (χ2v) is 4.57. The van der Waals surface area contributed by atoms with E-state index < -0.39 is 0 Å². The van der Waals surface area contributed by atoms with Crippen molar-refractivity contribution in [3.05, 3.63) is 40.2 Å². The minimum absolute atomic E-state index is 0.00639. The summed E-state index contributed by atoms with van der Waals surface area (Å²) >= 11 is 0.